The molecule has 4 heteroatoms. The number of carboxylic acids is 1. The first-order valence-corrected chi connectivity index (χ1v) is 6.49. The largest absolute Gasteiger partial charge is 0.481 e. The number of hydrogen-bond donors (Lipinski definition) is 2. The van der Waals surface area contributed by atoms with E-state index in [2.05, 4.69) is 12.2 Å². The fourth-order valence-corrected chi connectivity index (χ4v) is 2.90. The Kier molecular flexibility index (Phi) is 3.40. The van der Waals surface area contributed by atoms with Crippen LogP contribution in [0.4, 0.5) is 0 Å². The molecule has 3 unspecified atom stereocenters. The molecule has 2 N–H and O–H groups in total. The van der Waals surface area contributed by atoms with E-state index in [1.165, 1.54) is 6.42 Å². The van der Waals surface area contributed by atoms with Crippen LogP contribution in [0.15, 0.2) is 0 Å². The lowest BCUT2D eigenvalue weighted by atomic mass is 9.95. The van der Waals surface area contributed by atoms with E-state index in [1.54, 1.807) is 0 Å². The molecule has 0 heterocycles. The van der Waals surface area contributed by atoms with E-state index in [9.17, 15) is 9.59 Å². The van der Waals surface area contributed by atoms with Gasteiger partial charge in [-0.1, -0.05) is 13.8 Å². The van der Waals surface area contributed by atoms with Crippen molar-refractivity contribution in [3.63, 3.8) is 0 Å². The molecule has 2 saturated carbocycles. The average molecular weight is 239 g/mol. The van der Waals surface area contributed by atoms with Gasteiger partial charge in [0.05, 0.1) is 11.8 Å². The normalized spacial score (nSPS) is 40.0. The summed E-state index contributed by atoms with van der Waals surface area (Å²) in [5.41, 5.74) is 0. The summed E-state index contributed by atoms with van der Waals surface area (Å²) in [4.78, 5) is 23.1. The zero-order valence-electron chi connectivity index (χ0n) is 10.5. The third-order valence-electron chi connectivity index (χ3n) is 4.27. The Morgan fingerprint density at radius 1 is 1.18 bits per heavy atom. The van der Waals surface area contributed by atoms with E-state index < -0.39 is 11.9 Å². The molecule has 96 valence electrons. The highest BCUT2D eigenvalue weighted by molar-refractivity contribution is 5.85. The van der Waals surface area contributed by atoms with Gasteiger partial charge in [0.25, 0.3) is 0 Å². The predicted octanol–water partition coefficient (Wildman–Crippen LogP) is 1.51. The van der Waals surface area contributed by atoms with Crippen LogP contribution in [0.2, 0.25) is 0 Å². The van der Waals surface area contributed by atoms with Crippen LogP contribution in [-0.2, 0) is 9.59 Å². The molecule has 0 bridgehead atoms. The SMILES string of the molecule is CC1C[C@H](C(=O)NCC2CC2C)[C@H](C(=O)O)C1. The summed E-state index contributed by atoms with van der Waals surface area (Å²) >= 11 is 0. The molecule has 17 heavy (non-hydrogen) atoms. The van der Waals surface area contributed by atoms with Gasteiger partial charge in [-0.2, -0.15) is 0 Å². The maximum absolute atomic E-state index is 12.0. The van der Waals surface area contributed by atoms with Crippen LogP contribution < -0.4 is 5.32 Å². The lowest BCUT2D eigenvalue weighted by Crippen LogP contribution is -2.36. The van der Waals surface area contributed by atoms with Gasteiger partial charge in [-0.15, -0.1) is 0 Å². The molecule has 5 atom stereocenters. The van der Waals surface area contributed by atoms with Gasteiger partial charge in [0.2, 0.25) is 5.91 Å². The monoisotopic (exact) mass is 239 g/mol. The molecule has 4 nitrogen and oxygen atoms in total. The molecule has 2 aliphatic carbocycles. The topological polar surface area (TPSA) is 66.4 Å². The van der Waals surface area contributed by atoms with Gasteiger partial charge in [-0.3, -0.25) is 9.59 Å². The molecule has 0 aromatic carbocycles. The lowest BCUT2D eigenvalue weighted by Gasteiger charge is -2.15. The van der Waals surface area contributed by atoms with Crippen molar-refractivity contribution < 1.29 is 14.7 Å². The van der Waals surface area contributed by atoms with E-state index in [0.29, 0.717) is 30.6 Å². The third-order valence-corrected chi connectivity index (χ3v) is 4.27. The van der Waals surface area contributed by atoms with Gasteiger partial charge < -0.3 is 10.4 Å². The number of rotatable bonds is 4. The zero-order chi connectivity index (χ0) is 12.6. The van der Waals surface area contributed by atoms with E-state index in [1.807, 2.05) is 6.92 Å². The van der Waals surface area contributed by atoms with Gasteiger partial charge in [0, 0.05) is 6.54 Å². The smallest absolute Gasteiger partial charge is 0.307 e. The van der Waals surface area contributed by atoms with Crippen molar-refractivity contribution in [3.05, 3.63) is 0 Å². The lowest BCUT2D eigenvalue weighted by molar-refractivity contribution is -0.146. The Labute approximate surface area is 102 Å². The zero-order valence-corrected chi connectivity index (χ0v) is 10.5. The Balaban J connectivity index is 1.86. The quantitative estimate of drug-likeness (QED) is 0.781. The number of carboxylic acid groups (broad SMARTS) is 1. The Morgan fingerprint density at radius 3 is 2.29 bits per heavy atom. The van der Waals surface area contributed by atoms with Gasteiger partial charge in [-0.25, -0.2) is 0 Å². The minimum Gasteiger partial charge on any atom is -0.481 e. The number of nitrogens with one attached hydrogen (secondary N) is 1. The number of amides is 1. The summed E-state index contributed by atoms with van der Waals surface area (Å²) in [7, 11) is 0. The molecular formula is C13H21NO3. The van der Waals surface area contributed by atoms with Crippen LogP contribution in [0.1, 0.15) is 33.1 Å². The van der Waals surface area contributed by atoms with Crippen molar-refractivity contribution >= 4 is 11.9 Å². The second-order valence-electron chi connectivity index (χ2n) is 5.85. The highest BCUT2D eigenvalue weighted by Crippen LogP contribution is 2.38. The van der Waals surface area contributed by atoms with E-state index >= 15 is 0 Å². The average Bonchev–Trinajstić information content (AvgIpc) is 2.80. The van der Waals surface area contributed by atoms with Crippen LogP contribution in [0.3, 0.4) is 0 Å². The molecule has 2 aliphatic rings. The summed E-state index contributed by atoms with van der Waals surface area (Å²) in [5, 5.41) is 12.0. The van der Waals surface area contributed by atoms with Crippen molar-refractivity contribution in [1.82, 2.24) is 5.32 Å². The molecule has 1 amide bonds. The second kappa shape index (κ2) is 4.67. The number of hydrogen-bond acceptors (Lipinski definition) is 2. The highest BCUT2D eigenvalue weighted by Gasteiger charge is 2.41. The maximum Gasteiger partial charge on any atom is 0.307 e. The predicted molar refractivity (Wildman–Crippen MR) is 63.3 cm³/mol. The minimum absolute atomic E-state index is 0.0548. The van der Waals surface area contributed by atoms with Gasteiger partial charge in [0.15, 0.2) is 0 Å². The van der Waals surface area contributed by atoms with E-state index in [0.717, 1.165) is 6.54 Å². The van der Waals surface area contributed by atoms with Crippen LogP contribution in [-0.4, -0.2) is 23.5 Å². The molecule has 0 radical (unpaired) electrons. The maximum atomic E-state index is 12.0. The molecule has 0 aromatic heterocycles. The Bertz CT molecular complexity index is 329. The fourth-order valence-electron chi connectivity index (χ4n) is 2.90. The summed E-state index contributed by atoms with van der Waals surface area (Å²) in [6, 6.07) is 0. The molecular weight excluding hydrogens is 218 g/mol. The first-order valence-electron chi connectivity index (χ1n) is 6.49. The van der Waals surface area contributed by atoms with Crippen molar-refractivity contribution in [2.75, 3.05) is 6.54 Å². The first kappa shape index (κ1) is 12.4. The summed E-state index contributed by atoms with van der Waals surface area (Å²) in [5.74, 6) is -0.0193. The van der Waals surface area contributed by atoms with Crippen LogP contribution in [0.5, 0.6) is 0 Å². The standard InChI is InChI=1S/C13H21NO3/c1-7-3-10(11(4-7)13(16)17)12(15)14-6-9-5-8(9)2/h7-11H,3-6H2,1-2H3,(H,14,15)(H,16,17)/t7?,8?,9?,10-,11+/m0/s1. The summed E-state index contributed by atoms with van der Waals surface area (Å²) in [6.45, 7) is 4.91. The highest BCUT2D eigenvalue weighted by atomic mass is 16.4. The first-order chi connectivity index (χ1) is 7.99. The van der Waals surface area contributed by atoms with Crippen LogP contribution in [0.25, 0.3) is 0 Å². The van der Waals surface area contributed by atoms with Crippen molar-refractivity contribution in [2.24, 2.45) is 29.6 Å². The number of carbonyl (C=O) groups excluding carboxylic acids is 1. The van der Waals surface area contributed by atoms with Crippen molar-refractivity contribution in [2.45, 2.75) is 33.1 Å². The molecule has 2 rings (SSSR count). The minimum atomic E-state index is -0.825. The van der Waals surface area contributed by atoms with Gasteiger partial charge >= 0.3 is 5.97 Å². The molecule has 0 saturated heterocycles. The summed E-state index contributed by atoms with van der Waals surface area (Å²) in [6.07, 6.45) is 2.53. The molecule has 0 spiro atoms. The van der Waals surface area contributed by atoms with Crippen LogP contribution >= 0.6 is 0 Å². The van der Waals surface area contributed by atoms with Crippen molar-refractivity contribution in [3.8, 4) is 0 Å². The fraction of sp³-hybridized carbons (Fsp3) is 0.846. The number of carbonyl (C=O) groups is 2. The van der Waals surface area contributed by atoms with Crippen molar-refractivity contribution in [1.29, 1.82) is 0 Å². The number of aliphatic carboxylic acids is 1. The third kappa shape index (κ3) is 2.79. The Hall–Kier alpha value is -1.06. The van der Waals surface area contributed by atoms with Crippen LogP contribution in [0, 0.1) is 29.6 Å². The van der Waals surface area contributed by atoms with E-state index in [4.69, 9.17) is 5.11 Å². The molecule has 0 aromatic rings. The Morgan fingerprint density at radius 2 is 1.76 bits per heavy atom. The van der Waals surface area contributed by atoms with Gasteiger partial charge in [0.1, 0.15) is 0 Å². The van der Waals surface area contributed by atoms with E-state index in [-0.39, 0.29) is 11.8 Å². The molecule has 2 fully saturated rings. The molecule has 0 aliphatic heterocycles. The van der Waals surface area contributed by atoms with Gasteiger partial charge in [-0.05, 0) is 37.0 Å². The second-order valence-corrected chi connectivity index (χ2v) is 5.85. The summed E-state index contributed by atoms with van der Waals surface area (Å²) < 4.78 is 0.